The van der Waals surface area contributed by atoms with Crippen molar-refractivity contribution in [2.75, 3.05) is 0 Å². The number of alkyl halides is 1. The molecule has 0 bridgehead atoms. The molecule has 0 nitrogen and oxygen atoms in total. The second-order valence-corrected chi connectivity index (χ2v) is 4.54. The van der Waals surface area contributed by atoms with Crippen molar-refractivity contribution in [3.63, 3.8) is 0 Å². The topological polar surface area (TPSA) is 0 Å². The average molecular weight is 215 g/mol. The van der Waals surface area contributed by atoms with Gasteiger partial charge < -0.3 is 0 Å². The molecule has 0 saturated heterocycles. The summed E-state index contributed by atoms with van der Waals surface area (Å²) >= 11 is 3.65. The quantitative estimate of drug-likeness (QED) is 0.462. The average Bonchev–Trinajstić information content (AvgIpc) is 1.94. The molecule has 0 amide bonds. The Morgan fingerprint density at radius 1 is 1.73 bits per heavy atom. The van der Waals surface area contributed by atoms with E-state index in [0.717, 1.165) is 0 Å². The molecule has 1 rings (SSSR count). The van der Waals surface area contributed by atoms with Crippen molar-refractivity contribution in [2.45, 2.75) is 31.5 Å². The van der Waals surface area contributed by atoms with Gasteiger partial charge in [-0.3, -0.25) is 0 Å². The van der Waals surface area contributed by atoms with Crippen molar-refractivity contribution >= 4 is 15.9 Å². The van der Waals surface area contributed by atoms with Crippen LogP contribution in [-0.4, -0.2) is 4.83 Å². The van der Waals surface area contributed by atoms with Crippen molar-refractivity contribution in [3.8, 4) is 0 Å². The van der Waals surface area contributed by atoms with Gasteiger partial charge in [0.1, 0.15) is 0 Å². The highest BCUT2D eigenvalue weighted by atomic mass is 79.9. The molecule has 1 aliphatic rings. The van der Waals surface area contributed by atoms with E-state index in [-0.39, 0.29) is 0 Å². The summed E-state index contributed by atoms with van der Waals surface area (Å²) < 4.78 is 0. The highest BCUT2D eigenvalue weighted by molar-refractivity contribution is 9.09. The van der Waals surface area contributed by atoms with Gasteiger partial charge in [0.2, 0.25) is 0 Å². The van der Waals surface area contributed by atoms with E-state index < -0.39 is 0 Å². The fourth-order valence-corrected chi connectivity index (χ4v) is 2.03. The summed E-state index contributed by atoms with van der Waals surface area (Å²) in [7, 11) is 0. The lowest BCUT2D eigenvalue weighted by molar-refractivity contribution is 0.552. The van der Waals surface area contributed by atoms with Crippen LogP contribution < -0.4 is 0 Å². The largest absolute Gasteiger partial charge is 0.0998 e. The predicted octanol–water partition coefficient (Wildman–Crippen LogP) is 3.68. The van der Waals surface area contributed by atoms with E-state index in [2.05, 4.69) is 42.4 Å². The highest BCUT2D eigenvalue weighted by Crippen LogP contribution is 2.32. The lowest BCUT2D eigenvalue weighted by Gasteiger charge is -2.24. The van der Waals surface area contributed by atoms with Crippen molar-refractivity contribution in [2.24, 2.45) is 5.92 Å². The SMILES string of the molecule is C=C(C)C1CC=C(C)C(Br)C1. The van der Waals surface area contributed by atoms with Crippen LogP contribution in [0.2, 0.25) is 0 Å². The Balaban J connectivity index is 2.62. The number of allylic oxidation sites excluding steroid dienone is 3. The minimum Gasteiger partial charge on any atom is -0.0998 e. The summed E-state index contributed by atoms with van der Waals surface area (Å²) in [6.07, 6.45) is 4.73. The molecule has 0 radical (unpaired) electrons. The zero-order valence-electron chi connectivity index (χ0n) is 7.23. The molecular weight excluding hydrogens is 200 g/mol. The normalized spacial score (nSPS) is 31.4. The van der Waals surface area contributed by atoms with Crippen LogP contribution in [0, 0.1) is 5.92 Å². The van der Waals surface area contributed by atoms with Gasteiger partial charge in [0.05, 0.1) is 0 Å². The Kier molecular flexibility index (Phi) is 2.94. The zero-order chi connectivity index (χ0) is 8.43. The van der Waals surface area contributed by atoms with Crippen LogP contribution in [-0.2, 0) is 0 Å². The first kappa shape index (κ1) is 9.05. The maximum atomic E-state index is 3.99. The molecule has 1 heteroatoms. The fraction of sp³-hybridized carbons (Fsp3) is 0.600. The maximum absolute atomic E-state index is 3.99. The third kappa shape index (κ3) is 2.19. The van der Waals surface area contributed by atoms with Crippen LogP contribution in [0.5, 0.6) is 0 Å². The monoisotopic (exact) mass is 214 g/mol. The van der Waals surface area contributed by atoms with Crippen LogP contribution in [0.15, 0.2) is 23.8 Å². The Bertz CT molecular complexity index is 191. The van der Waals surface area contributed by atoms with Gasteiger partial charge >= 0.3 is 0 Å². The molecule has 0 saturated carbocycles. The summed E-state index contributed by atoms with van der Waals surface area (Å²) in [6, 6.07) is 0. The van der Waals surface area contributed by atoms with Crippen LogP contribution in [0.3, 0.4) is 0 Å². The number of hydrogen-bond donors (Lipinski definition) is 0. The molecule has 0 fully saturated rings. The Labute approximate surface area is 77.5 Å². The molecular formula is C10H15Br. The summed E-state index contributed by atoms with van der Waals surface area (Å²) in [5, 5.41) is 0. The minimum absolute atomic E-state index is 0.581. The smallest absolute Gasteiger partial charge is 0.0357 e. The number of rotatable bonds is 1. The van der Waals surface area contributed by atoms with E-state index in [4.69, 9.17) is 0 Å². The second kappa shape index (κ2) is 3.57. The molecule has 11 heavy (non-hydrogen) atoms. The van der Waals surface area contributed by atoms with Gasteiger partial charge in [-0.15, -0.1) is 0 Å². The van der Waals surface area contributed by atoms with Crippen LogP contribution in [0.4, 0.5) is 0 Å². The molecule has 0 aliphatic heterocycles. The first-order valence-corrected chi connectivity index (χ1v) is 4.99. The van der Waals surface area contributed by atoms with Gasteiger partial charge in [-0.25, -0.2) is 0 Å². The third-order valence-electron chi connectivity index (χ3n) is 2.41. The van der Waals surface area contributed by atoms with Gasteiger partial charge in [0.25, 0.3) is 0 Å². The molecule has 0 spiro atoms. The first-order chi connectivity index (χ1) is 5.11. The van der Waals surface area contributed by atoms with Gasteiger partial charge in [-0.1, -0.05) is 39.7 Å². The summed E-state index contributed by atoms with van der Waals surface area (Å²) in [6.45, 7) is 8.30. The summed E-state index contributed by atoms with van der Waals surface area (Å²) in [5.41, 5.74) is 2.79. The Morgan fingerprint density at radius 2 is 2.36 bits per heavy atom. The fourth-order valence-electron chi connectivity index (χ4n) is 1.39. The highest BCUT2D eigenvalue weighted by Gasteiger charge is 2.19. The van der Waals surface area contributed by atoms with Crippen molar-refractivity contribution in [1.82, 2.24) is 0 Å². The molecule has 62 valence electrons. The second-order valence-electron chi connectivity index (χ2n) is 3.43. The number of halogens is 1. The standard InChI is InChI=1S/C10H15Br/c1-7(2)9-5-4-8(3)10(11)6-9/h4,9-10H,1,5-6H2,2-3H3. The lowest BCUT2D eigenvalue weighted by atomic mass is 9.86. The molecule has 0 aromatic rings. The lowest BCUT2D eigenvalue weighted by Crippen LogP contribution is -2.14. The summed E-state index contributed by atoms with van der Waals surface area (Å²) in [5.74, 6) is 0.697. The van der Waals surface area contributed by atoms with Gasteiger partial charge in [0, 0.05) is 4.83 Å². The first-order valence-electron chi connectivity index (χ1n) is 4.07. The van der Waals surface area contributed by atoms with Gasteiger partial charge in [0.15, 0.2) is 0 Å². The Morgan fingerprint density at radius 3 is 2.82 bits per heavy atom. The molecule has 1 aliphatic carbocycles. The third-order valence-corrected chi connectivity index (χ3v) is 3.50. The van der Waals surface area contributed by atoms with Crippen LogP contribution >= 0.6 is 15.9 Å². The summed E-state index contributed by atoms with van der Waals surface area (Å²) in [4.78, 5) is 0.581. The van der Waals surface area contributed by atoms with E-state index in [1.165, 1.54) is 24.0 Å². The van der Waals surface area contributed by atoms with Crippen LogP contribution in [0.25, 0.3) is 0 Å². The van der Waals surface area contributed by atoms with Gasteiger partial charge in [-0.05, 0) is 32.6 Å². The van der Waals surface area contributed by atoms with E-state index >= 15 is 0 Å². The molecule has 2 unspecified atom stereocenters. The maximum Gasteiger partial charge on any atom is 0.0357 e. The van der Waals surface area contributed by atoms with Crippen molar-refractivity contribution < 1.29 is 0 Å². The minimum atomic E-state index is 0.581. The number of hydrogen-bond acceptors (Lipinski definition) is 0. The Hall–Kier alpha value is -0.0400. The molecule has 0 aromatic heterocycles. The van der Waals surface area contributed by atoms with Crippen LogP contribution in [0.1, 0.15) is 26.7 Å². The molecule has 0 aromatic carbocycles. The van der Waals surface area contributed by atoms with E-state index in [1.54, 1.807) is 0 Å². The van der Waals surface area contributed by atoms with Crippen molar-refractivity contribution in [3.05, 3.63) is 23.8 Å². The van der Waals surface area contributed by atoms with E-state index in [0.29, 0.717) is 10.7 Å². The van der Waals surface area contributed by atoms with E-state index in [9.17, 15) is 0 Å². The van der Waals surface area contributed by atoms with E-state index in [1.807, 2.05) is 0 Å². The molecule has 2 atom stereocenters. The molecule has 0 heterocycles. The van der Waals surface area contributed by atoms with Gasteiger partial charge in [-0.2, -0.15) is 0 Å². The van der Waals surface area contributed by atoms with Crippen molar-refractivity contribution in [1.29, 1.82) is 0 Å². The molecule has 0 N–H and O–H groups in total. The zero-order valence-corrected chi connectivity index (χ0v) is 8.82. The predicted molar refractivity (Wildman–Crippen MR) is 54.0 cm³/mol.